The van der Waals surface area contributed by atoms with E-state index in [-0.39, 0.29) is 5.97 Å². The number of ether oxygens (including phenoxy) is 1. The van der Waals surface area contributed by atoms with E-state index in [9.17, 15) is 4.79 Å². The Bertz CT molecular complexity index is 405. The van der Waals surface area contributed by atoms with Gasteiger partial charge in [-0.25, -0.2) is 4.79 Å². The third-order valence-corrected chi connectivity index (χ3v) is 2.59. The lowest BCUT2D eigenvalue weighted by molar-refractivity contribution is -0.137. The largest absolute Gasteiger partial charge is 0.463 e. The highest BCUT2D eigenvalue weighted by Crippen LogP contribution is 2.23. The van der Waals surface area contributed by atoms with Gasteiger partial charge in [0.1, 0.15) is 0 Å². The highest BCUT2D eigenvalue weighted by molar-refractivity contribution is 5.87. The van der Waals surface area contributed by atoms with Crippen molar-refractivity contribution in [2.45, 2.75) is 19.8 Å². The van der Waals surface area contributed by atoms with Crippen molar-refractivity contribution >= 4 is 12.0 Å². The molecule has 0 amide bonds. The Morgan fingerprint density at radius 1 is 1.40 bits per heavy atom. The van der Waals surface area contributed by atoms with E-state index in [1.54, 1.807) is 13.0 Å². The van der Waals surface area contributed by atoms with Gasteiger partial charge in [-0.1, -0.05) is 18.2 Å². The Balaban J connectivity index is 2.04. The van der Waals surface area contributed by atoms with Crippen molar-refractivity contribution in [2.75, 3.05) is 6.61 Å². The molecule has 1 aliphatic carbocycles. The van der Waals surface area contributed by atoms with Crippen LogP contribution in [0.15, 0.2) is 24.3 Å². The molecule has 1 aromatic carbocycles. The van der Waals surface area contributed by atoms with E-state index in [0.717, 1.165) is 12.0 Å². The van der Waals surface area contributed by atoms with Crippen LogP contribution in [0.3, 0.4) is 0 Å². The van der Waals surface area contributed by atoms with E-state index in [1.165, 1.54) is 23.6 Å². The second-order valence-electron chi connectivity index (χ2n) is 3.61. The summed E-state index contributed by atoms with van der Waals surface area (Å²) in [6.45, 7) is 2.23. The lowest BCUT2D eigenvalue weighted by atomic mass is 9.87. The number of rotatable bonds is 3. The predicted molar refractivity (Wildman–Crippen MR) is 59.5 cm³/mol. The molecule has 0 saturated carbocycles. The Hall–Kier alpha value is -1.57. The number of hydrogen-bond acceptors (Lipinski definition) is 2. The lowest BCUT2D eigenvalue weighted by Gasteiger charge is -2.18. The van der Waals surface area contributed by atoms with Crippen molar-refractivity contribution in [1.29, 1.82) is 0 Å². The number of benzene rings is 1. The minimum atomic E-state index is -0.278. The second kappa shape index (κ2) is 4.30. The van der Waals surface area contributed by atoms with Crippen LogP contribution in [0.25, 0.3) is 6.08 Å². The second-order valence-corrected chi connectivity index (χ2v) is 3.61. The molecule has 0 saturated heterocycles. The summed E-state index contributed by atoms with van der Waals surface area (Å²) in [7, 11) is 0. The van der Waals surface area contributed by atoms with Crippen LogP contribution in [0, 0.1) is 0 Å². The van der Waals surface area contributed by atoms with Crippen LogP contribution in [-0.4, -0.2) is 12.6 Å². The average Bonchev–Trinajstić information content (AvgIpc) is 2.19. The van der Waals surface area contributed by atoms with Crippen LogP contribution < -0.4 is 0 Å². The van der Waals surface area contributed by atoms with E-state index in [4.69, 9.17) is 4.74 Å². The summed E-state index contributed by atoms with van der Waals surface area (Å²) in [4.78, 5) is 11.1. The molecule has 0 radical (unpaired) electrons. The van der Waals surface area contributed by atoms with Gasteiger partial charge >= 0.3 is 5.97 Å². The summed E-state index contributed by atoms with van der Waals surface area (Å²) < 4.78 is 4.81. The molecular formula is C13H14O2. The Labute approximate surface area is 89.6 Å². The van der Waals surface area contributed by atoms with Gasteiger partial charge in [-0.2, -0.15) is 0 Å². The molecule has 0 aliphatic heterocycles. The number of hydrogen-bond donors (Lipinski definition) is 0. The smallest absolute Gasteiger partial charge is 0.330 e. The summed E-state index contributed by atoms with van der Waals surface area (Å²) in [6, 6.07) is 6.30. The Kier molecular flexibility index (Phi) is 2.86. The summed E-state index contributed by atoms with van der Waals surface area (Å²) in [6.07, 6.45) is 5.63. The fraction of sp³-hybridized carbons (Fsp3) is 0.308. The molecule has 78 valence electrons. The van der Waals surface area contributed by atoms with Crippen LogP contribution in [-0.2, 0) is 22.4 Å². The number of esters is 1. The normalized spacial score (nSPS) is 13.4. The first-order valence-corrected chi connectivity index (χ1v) is 5.26. The number of aryl methyl sites for hydroxylation is 2. The monoisotopic (exact) mass is 202 g/mol. The molecule has 2 rings (SSSR count). The molecule has 15 heavy (non-hydrogen) atoms. The molecule has 2 heteroatoms. The molecule has 0 bridgehead atoms. The van der Waals surface area contributed by atoms with Gasteiger partial charge in [-0.15, -0.1) is 0 Å². The first-order chi connectivity index (χ1) is 7.29. The van der Waals surface area contributed by atoms with E-state index in [1.807, 2.05) is 6.07 Å². The van der Waals surface area contributed by atoms with Crippen LogP contribution in [0.5, 0.6) is 0 Å². The molecule has 0 atom stereocenters. The van der Waals surface area contributed by atoms with Gasteiger partial charge in [0.25, 0.3) is 0 Å². The number of carbonyl (C=O) groups is 1. The molecule has 0 N–H and O–H groups in total. The van der Waals surface area contributed by atoms with Crippen molar-refractivity contribution in [1.82, 2.24) is 0 Å². The van der Waals surface area contributed by atoms with Crippen LogP contribution >= 0.6 is 0 Å². The standard InChI is InChI=1S/C13H14O2/c1-2-15-13(14)8-4-10-3-5-11-6-7-12(11)9-10/h3-5,8-9H,2,6-7H2,1H3. The maximum Gasteiger partial charge on any atom is 0.330 e. The topological polar surface area (TPSA) is 26.3 Å². The minimum absolute atomic E-state index is 0.278. The fourth-order valence-electron chi connectivity index (χ4n) is 1.67. The van der Waals surface area contributed by atoms with Gasteiger partial charge in [0.05, 0.1) is 6.61 Å². The molecular weight excluding hydrogens is 188 g/mol. The molecule has 2 nitrogen and oxygen atoms in total. The molecule has 0 spiro atoms. The van der Waals surface area contributed by atoms with E-state index in [2.05, 4.69) is 12.1 Å². The molecule has 0 fully saturated rings. The van der Waals surface area contributed by atoms with Gasteiger partial charge < -0.3 is 4.74 Å². The van der Waals surface area contributed by atoms with Gasteiger partial charge in [0.2, 0.25) is 0 Å². The maximum atomic E-state index is 11.1. The van der Waals surface area contributed by atoms with Crippen LogP contribution in [0.1, 0.15) is 23.6 Å². The van der Waals surface area contributed by atoms with Crippen LogP contribution in [0.4, 0.5) is 0 Å². The van der Waals surface area contributed by atoms with Crippen LogP contribution in [0.2, 0.25) is 0 Å². The third-order valence-electron chi connectivity index (χ3n) is 2.59. The molecule has 0 unspecified atom stereocenters. The molecule has 0 aromatic heterocycles. The summed E-state index contributed by atoms with van der Waals surface area (Å²) in [5.74, 6) is -0.278. The van der Waals surface area contributed by atoms with E-state index in [0.29, 0.717) is 6.61 Å². The Morgan fingerprint density at radius 3 is 2.80 bits per heavy atom. The summed E-state index contributed by atoms with van der Waals surface area (Å²) >= 11 is 0. The summed E-state index contributed by atoms with van der Waals surface area (Å²) in [5, 5.41) is 0. The van der Waals surface area contributed by atoms with E-state index >= 15 is 0 Å². The molecule has 0 heterocycles. The third kappa shape index (κ3) is 2.27. The van der Waals surface area contributed by atoms with Gasteiger partial charge in [-0.05, 0) is 42.5 Å². The Morgan fingerprint density at radius 2 is 2.20 bits per heavy atom. The van der Waals surface area contributed by atoms with Gasteiger partial charge in [0.15, 0.2) is 0 Å². The van der Waals surface area contributed by atoms with Gasteiger partial charge in [-0.3, -0.25) is 0 Å². The van der Waals surface area contributed by atoms with Crippen molar-refractivity contribution in [3.63, 3.8) is 0 Å². The molecule has 1 aromatic rings. The lowest BCUT2D eigenvalue weighted by Crippen LogP contribution is -2.07. The number of carbonyl (C=O) groups excluding carboxylic acids is 1. The zero-order chi connectivity index (χ0) is 10.7. The first-order valence-electron chi connectivity index (χ1n) is 5.26. The fourth-order valence-corrected chi connectivity index (χ4v) is 1.67. The minimum Gasteiger partial charge on any atom is -0.463 e. The van der Waals surface area contributed by atoms with Crippen molar-refractivity contribution in [3.8, 4) is 0 Å². The SMILES string of the molecule is CCOC(=O)C=Cc1ccc2c(c1)CC2. The number of fused-ring (bicyclic) bond motifs is 1. The highest BCUT2D eigenvalue weighted by Gasteiger charge is 2.11. The van der Waals surface area contributed by atoms with Crippen molar-refractivity contribution in [3.05, 3.63) is 41.0 Å². The van der Waals surface area contributed by atoms with Crippen molar-refractivity contribution < 1.29 is 9.53 Å². The zero-order valence-electron chi connectivity index (χ0n) is 8.82. The highest BCUT2D eigenvalue weighted by atomic mass is 16.5. The quantitative estimate of drug-likeness (QED) is 0.555. The summed E-state index contributed by atoms with van der Waals surface area (Å²) in [5.41, 5.74) is 3.91. The van der Waals surface area contributed by atoms with Gasteiger partial charge in [0, 0.05) is 6.08 Å². The van der Waals surface area contributed by atoms with E-state index < -0.39 is 0 Å². The van der Waals surface area contributed by atoms with Crippen molar-refractivity contribution in [2.24, 2.45) is 0 Å². The zero-order valence-corrected chi connectivity index (χ0v) is 8.82. The average molecular weight is 202 g/mol. The first kappa shape index (κ1) is 9.97. The molecule has 1 aliphatic rings. The predicted octanol–water partition coefficient (Wildman–Crippen LogP) is 2.36. The maximum absolute atomic E-state index is 11.1.